The van der Waals surface area contributed by atoms with Crippen LogP contribution in [0.2, 0.25) is 0 Å². The lowest BCUT2D eigenvalue weighted by Crippen LogP contribution is -2.49. The number of alkyl halides is 3. The van der Waals surface area contributed by atoms with Crippen LogP contribution in [-0.4, -0.2) is 29.1 Å². The molecule has 0 unspecified atom stereocenters. The van der Waals surface area contributed by atoms with E-state index >= 15 is 0 Å². The van der Waals surface area contributed by atoms with Crippen LogP contribution < -0.4 is 4.74 Å². The highest BCUT2D eigenvalue weighted by molar-refractivity contribution is 5.71. The fourth-order valence-corrected chi connectivity index (χ4v) is 5.14. The van der Waals surface area contributed by atoms with E-state index in [1.165, 1.54) is 6.07 Å². The molecule has 0 radical (unpaired) electrons. The SMILES string of the molecule is CC(C)c1cc(OCc2ccc(C3CCCC3)c(C(F)(F)F)c2)ccc1CN1CC(C(=O)O)C1. The molecule has 2 aromatic rings. The molecule has 4 nitrogen and oxygen atoms in total. The van der Waals surface area contributed by atoms with Crippen LogP contribution in [-0.2, 0) is 24.1 Å². The van der Waals surface area contributed by atoms with Crippen LogP contribution in [0.25, 0.3) is 0 Å². The molecular formula is C27H32F3NO3. The van der Waals surface area contributed by atoms with Gasteiger partial charge in [0.05, 0.1) is 11.5 Å². The van der Waals surface area contributed by atoms with Crippen molar-refractivity contribution >= 4 is 5.97 Å². The van der Waals surface area contributed by atoms with Crippen molar-refractivity contribution in [1.82, 2.24) is 4.90 Å². The summed E-state index contributed by atoms with van der Waals surface area (Å²) < 4.78 is 47.2. The van der Waals surface area contributed by atoms with E-state index in [2.05, 4.69) is 18.7 Å². The van der Waals surface area contributed by atoms with E-state index in [0.717, 1.165) is 36.8 Å². The van der Waals surface area contributed by atoms with Gasteiger partial charge >= 0.3 is 12.1 Å². The number of benzene rings is 2. The Morgan fingerprint density at radius 2 is 1.82 bits per heavy atom. The minimum atomic E-state index is -4.38. The quantitative estimate of drug-likeness (QED) is 0.468. The molecule has 1 saturated heterocycles. The van der Waals surface area contributed by atoms with Crippen molar-refractivity contribution in [3.05, 3.63) is 64.2 Å². The van der Waals surface area contributed by atoms with Crippen LogP contribution >= 0.6 is 0 Å². The third kappa shape index (κ3) is 5.57. The summed E-state index contributed by atoms with van der Waals surface area (Å²) in [7, 11) is 0. The van der Waals surface area contributed by atoms with Gasteiger partial charge in [0.15, 0.2) is 0 Å². The monoisotopic (exact) mass is 475 g/mol. The van der Waals surface area contributed by atoms with E-state index in [9.17, 15) is 18.0 Å². The highest BCUT2D eigenvalue weighted by Gasteiger charge is 2.36. The number of hydrogen-bond donors (Lipinski definition) is 1. The molecule has 4 rings (SSSR count). The maximum Gasteiger partial charge on any atom is 0.416 e. The van der Waals surface area contributed by atoms with Crippen LogP contribution in [0.5, 0.6) is 5.75 Å². The summed E-state index contributed by atoms with van der Waals surface area (Å²) >= 11 is 0. The number of carbonyl (C=O) groups is 1. The van der Waals surface area contributed by atoms with Gasteiger partial charge in [0, 0.05) is 19.6 Å². The van der Waals surface area contributed by atoms with Crippen LogP contribution in [0, 0.1) is 5.92 Å². The molecule has 0 aromatic heterocycles. The number of carboxylic acid groups (broad SMARTS) is 1. The van der Waals surface area contributed by atoms with E-state index in [-0.39, 0.29) is 24.4 Å². The largest absolute Gasteiger partial charge is 0.489 e. The Hall–Kier alpha value is -2.54. The van der Waals surface area contributed by atoms with Crippen molar-refractivity contribution in [2.75, 3.05) is 13.1 Å². The molecule has 2 aliphatic rings. The number of nitrogens with zero attached hydrogens (tertiary/aromatic N) is 1. The van der Waals surface area contributed by atoms with Gasteiger partial charge in [0.25, 0.3) is 0 Å². The molecule has 1 N–H and O–H groups in total. The molecule has 0 spiro atoms. The van der Waals surface area contributed by atoms with E-state index in [1.807, 2.05) is 18.2 Å². The van der Waals surface area contributed by atoms with Crippen molar-refractivity contribution in [2.24, 2.45) is 5.92 Å². The highest BCUT2D eigenvalue weighted by atomic mass is 19.4. The second kappa shape index (κ2) is 9.98. The third-order valence-corrected chi connectivity index (χ3v) is 7.06. The first kappa shape index (κ1) is 24.6. The summed E-state index contributed by atoms with van der Waals surface area (Å²) in [6, 6.07) is 10.4. The van der Waals surface area contributed by atoms with Crippen molar-refractivity contribution < 1.29 is 27.8 Å². The number of hydrogen-bond acceptors (Lipinski definition) is 3. The predicted molar refractivity (Wildman–Crippen MR) is 124 cm³/mol. The molecule has 184 valence electrons. The zero-order valence-corrected chi connectivity index (χ0v) is 19.7. The van der Waals surface area contributed by atoms with Gasteiger partial charge in [-0.15, -0.1) is 0 Å². The Labute approximate surface area is 198 Å². The lowest BCUT2D eigenvalue weighted by molar-refractivity contribution is -0.147. The average molecular weight is 476 g/mol. The van der Waals surface area contributed by atoms with Gasteiger partial charge in [-0.2, -0.15) is 13.2 Å². The van der Waals surface area contributed by atoms with Crippen molar-refractivity contribution in [3.63, 3.8) is 0 Å². The number of halogens is 3. The summed E-state index contributed by atoms with van der Waals surface area (Å²) in [5, 5.41) is 9.08. The van der Waals surface area contributed by atoms with Gasteiger partial charge in [0.2, 0.25) is 0 Å². The van der Waals surface area contributed by atoms with Gasteiger partial charge in [-0.1, -0.05) is 44.9 Å². The lowest BCUT2D eigenvalue weighted by Gasteiger charge is -2.37. The predicted octanol–water partition coefficient (Wildman–Crippen LogP) is 6.58. The van der Waals surface area contributed by atoms with Crippen LogP contribution in [0.4, 0.5) is 13.2 Å². The third-order valence-electron chi connectivity index (χ3n) is 7.06. The normalized spacial score (nSPS) is 17.8. The molecule has 2 aromatic carbocycles. The number of ether oxygens (including phenoxy) is 1. The first-order chi connectivity index (χ1) is 16.1. The van der Waals surface area contributed by atoms with Crippen LogP contribution in [0.15, 0.2) is 36.4 Å². The molecule has 1 heterocycles. The average Bonchev–Trinajstić information content (AvgIpc) is 3.28. The fourth-order valence-electron chi connectivity index (χ4n) is 5.14. The summed E-state index contributed by atoms with van der Waals surface area (Å²) in [5.41, 5.74) is 2.60. The molecule has 34 heavy (non-hydrogen) atoms. The Kier molecular flexibility index (Phi) is 7.22. The highest BCUT2D eigenvalue weighted by Crippen LogP contribution is 2.42. The molecule has 1 aliphatic heterocycles. The summed E-state index contributed by atoms with van der Waals surface area (Å²) in [6.07, 6.45) is -0.774. The first-order valence-electron chi connectivity index (χ1n) is 12.0. The Bertz CT molecular complexity index is 1020. The smallest absolute Gasteiger partial charge is 0.416 e. The molecular weight excluding hydrogens is 443 g/mol. The molecule has 2 fully saturated rings. The minimum Gasteiger partial charge on any atom is -0.489 e. The van der Waals surface area contributed by atoms with E-state index < -0.39 is 17.7 Å². The summed E-state index contributed by atoms with van der Waals surface area (Å²) in [4.78, 5) is 13.1. The number of rotatable bonds is 8. The minimum absolute atomic E-state index is 0.00933. The van der Waals surface area contributed by atoms with Crippen molar-refractivity contribution in [3.8, 4) is 5.75 Å². The fraction of sp³-hybridized carbons (Fsp3) is 0.519. The Morgan fingerprint density at radius 1 is 1.12 bits per heavy atom. The summed E-state index contributed by atoms with van der Waals surface area (Å²) in [5.74, 6) is -0.212. The van der Waals surface area contributed by atoms with E-state index in [4.69, 9.17) is 9.84 Å². The van der Waals surface area contributed by atoms with Crippen LogP contribution in [0.3, 0.4) is 0 Å². The number of carboxylic acids is 1. The van der Waals surface area contributed by atoms with Gasteiger partial charge in [-0.3, -0.25) is 9.69 Å². The maximum absolute atomic E-state index is 13.8. The molecule has 7 heteroatoms. The second-order valence-corrected chi connectivity index (χ2v) is 9.93. The molecule has 1 aliphatic carbocycles. The maximum atomic E-state index is 13.8. The van der Waals surface area contributed by atoms with Crippen molar-refractivity contribution in [2.45, 2.75) is 70.7 Å². The standard InChI is InChI=1S/C27H32F3NO3/c1-17(2)24-12-22(9-8-20(24)13-31-14-21(15-31)26(32)33)34-16-18-7-10-23(19-5-3-4-6-19)25(11-18)27(28,29)30/h7-12,17,19,21H,3-6,13-16H2,1-2H3,(H,32,33). The molecule has 0 bridgehead atoms. The molecule has 1 saturated carbocycles. The Balaban J connectivity index is 1.45. The van der Waals surface area contributed by atoms with Gasteiger partial charge in [-0.05, 0) is 65.1 Å². The Morgan fingerprint density at radius 3 is 2.44 bits per heavy atom. The molecule has 0 atom stereocenters. The molecule has 0 amide bonds. The summed E-state index contributed by atoms with van der Waals surface area (Å²) in [6.45, 7) is 5.99. The second-order valence-electron chi connectivity index (χ2n) is 9.93. The zero-order chi connectivity index (χ0) is 24.5. The van der Waals surface area contributed by atoms with Gasteiger partial charge < -0.3 is 9.84 Å². The van der Waals surface area contributed by atoms with E-state index in [1.54, 1.807) is 12.1 Å². The van der Waals surface area contributed by atoms with Gasteiger partial charge in [0.1, 0.15) is 12.4 Å². The number of likely N-dealkylation sites (tertiary alicyclic amines) is 1. The van der Waals surface area contributed by atoms with E-state index in [0.29, 0.717) is 36.5 Å². The number of aliphatic carboxylic acids is 1. The van der Waals surface area contributed by atoms with Gasteiger partial charge in [-0.25, -0.2) is 0 Å². The first-order valence-corrected chi connectivity index (χ1v) is 12.0. The lowest BCUT2D eigenvalue weighted by atomic mass is 9.91. The van der Waals surface area contributed by atoms with Crippen molar-refractivity contribution in [1.29, 1.82) is 0 Å². The van der Waals surface area contributed by atoms with Crippen LogP contribution in [0.1, 0.15) is 79.2 Å². The zero-order valence-electron chi connectivity index (χ0n) is 19.7. The topological polar surface area (TPSA) is 49.8 Å².